The third kappa shape index (κ3) is 6.25. The second kappa shape index (κ2) is 7.56. The van der Waals surface area contributed by atoms with Crippen molar-refractivity contribution in [2.24, 2.45) is 0 Å². The molecule has 1 rings (SSSR count). The summed E-state index contributed by atoms with van der Waals surface area (Å²) in [4.78, 5) is 12.6. The average Bonchev–Trinajstić information content (AvgIpc) is 2.38. The first-order valence-electron chi connectivity index (χ1n) is 5.95. The summed E-state index contributed by atoms with van der Waals surface area (Å²) in [6.45, 7) is -1.45. The summed E-state index contributed by atoms with van der Waals surface area (Å²) in [7, 11) is 0. The number of carbonyl (C=O) groups excluding carboxylic acids is 1. The molecule has 108 valence electrons. The van der Waals surface area contributed by atoms with E-state index >= 15 is 0 Å². The molecular weight excluding hydrogens is 269 g/mol. The predicted molar refractivity (Wildman–Crippen MR) is 69.6 cm³/mol. The second-order valence-corrected chi connectivity index (χ2v) is 4.16. The summed E-state index contributed by atoms with van der Waals surface area (Å²) in [6, 6.07) is 8.52. The van der Waals surface area contributed by atoms with Crippen LogP contribution in [0.4, 0.5) is 13.2 Å². The molecule has 0 unspecified atom stereocenters. The average molecular weight is 284 g/mol. The number of alkyl halides is 3. The minimum Gasteiger partial charge on any atom is -0.328 e. The quantitative estimate of drug-likeness (QED) is 0.638. The van der Waals surface area contributed by atoms with E-state index in [0.29, 0.717) is 5.56 Å². The molecule has 0 radical (unpaired) electrons. The number of rotatable bonds is 6. The molecule has 1 N–H and O–H groups in total. The second-order valence-electron chi connectivity index (χ2n) is 4.16. The highest BCUT2D eigenvalue weighted by Crippen LogP contribution is 2.18. The van der Waals surface area contributed by atoms with Crippen molar-refractivity contribution in [1.29, 1.82) is 0 Å². The SMILES string of the molecule is C#CCNCC(=O)N(Cc1ccccc1)CC(F)(F)F. The Labute approximate surface area is 115 Å². The van der Waals surface area contributed by atoms with Crippen LogP contribution in [0.15, 0.2) is 30.3 Å². The molecule has 0 fully saturated rings. The molecule has 0 aromatic heterocycles. The smallest absolute Gasteiger partial charge is 0.328 e. The van der Waals surface area contributed by atoms with Crippen LogP contribution in [0.3, 0.4) is 0 Å². The van der Waals surface area contributed by atoms with Gasteiger partial charge >= 0.3 is 6.18 Å². The summed E-state index contributed by atoms with van der Waals surface area (Å²) < 4.78 is 37.5. The Hall–Kier alpha value is -2.00. The fourth-order valence-corrected chi connectivity index (χ4v) is 1.61. The van der Waals surface area contributed by atoms with Crippen LogP contribution in [0, 0.1) is 12.3 Å². The van der Waals surface area contributed by atoms with Crippen molar-refractivity contribution < 1.29 is 18.0 Å². The number of nitrogens with one attached hydrogen (secondary N) is 1. The lowest BCUT2D eigenvalue weighted by molar-refractivity contribution is -0.161. The van der Waals surface area contributed by atoms with Crippen LogP contribution in [0.5, 0.6) is 0 Å². The number of hydrogen-bond acceptors (Lipinski definition) is 2. The molecule has 3 nitrogen and oxygen atoms in total. The van der Waals surface area contributed by atoms with Gasteiger partial charge in [-0.15, -0.1) is 6.42 Å². The monoisotopic (exact) mass is 284 g/mol. The largest absolute Gasteiger partial charge is 0.406 e. The van der Waals surface area contributed by atoms with Crippen molar-refractivity contribution in [3.63, 3.8) is 0 Å². The van der Waals surface area contributed by atoms with Gasteiger partial charge in [0.2, 0.25) is 5.91 Å². The normalized spacial score (nSPS) is 10.9. The van der Waals surface area contributed by atoms with Gasteiger partial charge in [0.05, 0.1) is 13.1 Å². The number of benzene rings is 1. The van der Waals surface area contributed by atoms with Crippen LogP contribution in [-0.4, -0.2) is 36.6 Å². The molecule has 20 heavy (non-hydrogen) atoms. The third-order valence-corrected chi connectivity index (χ3v) is 2.44. The lowest BCUT2D eigenvalue weighted by Gasteiger charge is -2.24. The van der Waals surface area contributed by atoms with Gasteiger partial charge in [-0.1, -0.05) is 36.3 Å². The Morgan fingerprint density at radius 2 is 1.95 bits per heavy atom. The summed E-state index contributed by atoms with van der Waals surface area (Å²) in [5, 5.41) is 2.59. The third-order valence-electron chi connectivity index (χ3n) is 2.44. The van der Waals surface area contributed by atoms with E-state index in [2.05, 4.69) is 11.2 Å². The van der Waals surface area contributed by atoms with Crippen LogP contribution in [0.1, 0.15) is 5.56 Å². The van der Waals surface area contributed by atoms with Crippen molar-refractivity contribution >= 4 is 5.91 Å². The molecule has 0 saturated heterocycles. The van der Waals surface area contributed by atoms with Crippen LogP contribution in [-0.2, 0) is 11.3 Å². The van der Waals surface area contributed by atoms with Gasteiger partial charge in [-0.05, 0) is 5.56 Å². The fourth-order valence-electron chi connectivity index (χ4n) is 1.61. The molecular formula is C14H15F3N2O. The van der Waals surface area contributed by atoms with Crippen LogP contribution >= 0.6 is 0 Å². The highest BCUT2D eigenvalue weighted by atomic mass is 19.4. The Kier molecular flexibility index (Phi) is 6.07. The molecule has 0 saturated carbocycles. The first-order chi connectivity index (χ1) is 9.42. The Morgan fingerprint density at radius 3 is 2.50 bits per heavy atom. The first kappa shape index (κ1) is 16.1. The van der Waals surface area contributed by atoms with Gasteiger partial charge in [0.25, 0.3) is 0 Å². The van der Waals surface area contributed by atoms with Gasteiger partial charge in [0, 0.05) is 6.54 Å². The molecule has 0 spiro atoms. The lowest BCUT2D eigenvalue weighted by atomic mass is 10.2. The van der Waals surface area contributed by atoms with Gasteiger partial charge in [-0.2, -0.15) is 13.2 Å². The topological polar surface area (TPSA) is 32.3 Å². The Morgan fingerprint density at radius 1 is 1.30 bits per heavy atom. The van der Waals surface area contributed by atoms with Crippen LogP contribution < -0.4 is 5.32 Å². The molecule has 0 heterocycles. The van der Waals surface area contributed by atoms with Gasteiger partial charge in [0.15, 0.2) is 0 Å². The molecule has 6 heteroatoms. The molecule has 1 amide bonds. The predicted octanol–water partition coefficient (Wildman–Crippen LogP) is 1.80. The summed E-state index contributed by atoms with van der Waals surface area (Å²) in [6.07, 6.45) is 0.565. The van der Waals surface area contributed by atoms with Gasteiger partial charge < -0.3 is 4.90 Å². The number of amides is 1. The molecule has 1 aromatic carbocycles. The van der Waals surface area contributed by atoms with E-state index < -0.39 is 18.6 Å². The number of carbonyl (C=O) groups is 1. The van der Waals surface area contributed by atoms with Crippen molar-refractivity contribution in [1.82, 2.24) is 10.2 Å². The van der Waals surface area contributed by atoms with E-state index in [9.17, 15) is 18.0 Å². The van der Waals surface area contributed by atoms with E-state index in [-0.39, 0.29) is 19.6 Å². The van der Waals surface area contributed by atoms with E-state index in [0.717, 1.165) is 4.90 Å². The zero-order chi connectivity index (χ0) is 15.0. The maximum atomic E-state index is 12.5. The number of halogens is 3. The molecule has 0 bridgehead atoms. The zero-order valence-electron chi connectivity index (χ0n) is 10.8. The van der Waals surface area contributed by atoms with Gasteiger partial charge in [0.1, 0.15) is 6.54 Å². The fraction of sp³-hybridized carbons (Fsp3) is 0.357. The number of hydrogen-bond donors (Lipinski definition) is 1. The maximum absolute atomic E-state index is 12.5. The first-order valence-corrected chi connectivity index (χ1v) is 5.95. The number of terminal acetylenes is 1. The van der Waals surface area contributed by atoms with Crippen molar-refractivity contribution in [3.8, 4) is 12.3 Å². The highest BCUT2D eigenvalue weighted by molar-refractivity contribution is 5.78. The molecule has 0 atom stereocenters. The molecule has 1 aromatic rings. The van der Waals surface area contributed by atoms with Crippen LogP contribution in [0.2, 0.25) is 0 Å². The van der Waals surface area contributed by atoms with E-state index in [1.807, 2.05) is 0 Å². The Bertz CT molecular complexity index is 466. The molecule has 0 aliphatic carbocycles. The van der Waals surface area contributed by atoms with Gasteiger partial charge in [-0.3, -0.25) is 10.1 Å². The minimum absolute atomic E-state index is 0.0864. The Balaban J connectivity index is 2.70. The maximum Gasteiger partial charge on any atom is 0.406 e. The number of nitrogens with zero attached hydrogens (tertiary/aromatic N) is 1. The summed E-state index contributed by atoms with van der Waals surface area (Å²) >= 11 is 0. The van der Waals surface area contributed by atoms with Crippen molar-refractivity contribution in [2.75, 3.05) is 19.6 Å². The van der Waals surface area contributed by atoms with Gasteiger partial charge in [-0.25, -0.2) is 0 Å². The molecule has 0 aliphatic heterocycles. The standard InChI is InChI=1S/C14H15F3N2O/c1-2-8-18-9-13(20)19(11-14(15,16)17)10-12-6-4-3-5-7-12/h1,3-7,18H,8-11H2. The lowest BCUT2D eigenvalue weighted by Crippen LogP contribution is -2.42. The minimum atomic E-state index is -4.43. The van der Waals surface area contributed by atoms with Crippen LogP contribution in [0.25, 0.3) is 0 Å². The van der Waals surface area contributed by atoms with Crippen molar-refractivity contribution in [2.45, 2.75) is 12.7 Å². The van der Waals surface area contributed by atoms with Crippen molar-refractivity contribution in [3.05, 3.63) is 35.9 Å². The van der Waals surface area contributed by atoms with E-state index in [1.165, 1.54) is 0 Å². The van der Waals surface area contributed by atoms with E-state index in [1.54, 1.807) is 30.3 Å². The highest BCUT2D eigenvalue weighted by Gasteiger charge is 2.32. The molecule has 0 aliphatic rings. The van der Waals surface area contributed by atoms with E-state index in [4.69, 9.17) is 6.42 Å². The summed E-state index contributed by atoms with van der Waals surface area (Å²) in [5.74, 6) is 1.62. The summed E-state index contributed by atoms with van der Waals surface area (Å²) in [5.41, 5.74) is 0.641. The zero-order valence-corrected chi connectivity index (χ0v) is 10.8.